The van der Waals surface area contributed by atoms with Crippen molar-refractivity contribution < 1.29 is 14.3 Å². The van der Waals surface area contributed by atoms with Crippen molar-refractivity contribution >= 4 is 17.4 Å². The Bertz CT molecular complexity index is 946. The first-order valence-corrected chi connectivity index (χ1v) is 9.24. The highest BCUT2D eigenvalue weighted by molar-refractivity contribution is 6.04. The van der Waals surface area contributed by atoms with Crippen LogP contribution in [0.15, 0.2) is 60.7 Å². The summed E-state index contributed by atoms with van der Waals surface area (Å²) in [5.74, 6) is 1.82. The van der Waals surface area contributed by atoms with Gasteiger partial charge in [0.25, 0.3) is 5.91 Å². The van der Waals surface area contributed by atoms with Gasteiger partial charge in [-0.2, -0.15) is 0 Å². The first kappa shape index (κ1) is 20.1. The van der Waals surface area contributed by atoms with Crippen molar-refractivity contribution in [1.82, 2.24) is 10.2 Å². The molecule has 0 saturated heterocycles. The zero-order valence-electron chi connectivity index (χ0n) is 16.8. The first-order valence-electron chi connectivity index (χ1n) is 9.24. The summed E-state index contributed by atoms with van der Waals surface area (Å²) in [5.41, 5.74) is 2.21. The summed E-state index contributed by atoms with van der Waals surface area (Å²) in [4.78, 5) is 14.1. The van der Waals surface area contributed by atoms with Gasteiger partial charge in [0.05, 0.1) is 14.2 Å². The van der Waals surface area contributed by atoms with Crippen LogP contribution in [0.1, 0.15) is 16.1 Å². The van der Waals surface area contributed by atoms with Gasteiger partial charge in [0.15, 0.2) is 17.2 Å². The van der Waals surface area contributed by atoms with E-state index in [9.17, 15) is 4.79 Å². The van der Waals surface area contributed by atoms with Gasteiger partial charge in [0.1, 0.15) is 5.82 Å². The van der Waals surface area contributed by atoms with Crippen molar-refractivity contribution in [1.29, 1.82) is 0 Å². The second kappa shape index (κ2) is 9.54. The molecule has 3 rings (SSSR count). The normalized spacial score (nSPS) is 10.3. The van der Waals surface area contributed by atoms with Crippen LogP contribution in [0.3, 0.4) is 0 Å². The molecule has 7 heteroatoms. The number of hydrogen-bond donors (Lipinski definition) is 1. The lowest BCUT2D eigenvalue weighted by Gasteiger charge is -2.16. The van der Waals surface area contributed by atoms with E-state index in [2.05, 4.69) is 15.5 Å². The quantitative estimate of drug-likeness (QED) is 0.633. The lowest BCUT2D eigenvalue weighted by molar-refractivity contribution is 0.0987. The maximum absolute atomic E-state index is 12.5. The molecule has 1 aromatic heterocycles. The van der Waals surface area contributed by atoms with Crippen LogP contribution in [0.5, 0.6) is 11.5 Å². The Morgan fingerprint density at radius 1 is 0.966 bits per heavy atom. The number of methoxy groups -OCH3 is 2. The van der Waals surface area contributed by atoms with Crippen molar-refractivity contribution in [2.75, 3.05) is 38.0 Å². The molecule has 0 bridgehead atoms. The van der Waals surface area contributed by atoms with Gasteiger partial charge in [-0.05, 0) is 48.4 Å². The fourth-order valence-corrected chi connectivity index (χ4v) is 2.85. The molecule has 0 aliphatic carbocycles. The molecule has 150 valence electrons. The van der Waals surface area contributed by atoms with Crippen molar-refractivity contribution in [3.05, 3.63) is 71.9 Å². The summed E-state index contributed by atoms with van der Waals surface area (Å²) in [6, 6.07) is 18.7. The Balaban J connectivity index is 1.56. The van der Waals surface area contributed by atoms with Gasteiger partial charge >= 0.3 is 0 Å². The van der Waals surface area contributed by atoms with E-state index in [0.29, 0.717) is 29.6 Å². The molecule has 0 atom stereocenters. The average Bonchev–Trinajstić information content (AvgIpc) is 2.79. The van der Waals surface area contributed by atoms with Crippen molar-refractivity contribution in [3.8, 4) is 11.5 Å². The average molecular weight is 392 g/mol. The molecule has 0 spiro atoms. The van der Waals surface area contributed by atoms with Crippen LogP contribution in [-0.2, 0) is 6.42 Å². The lowest BCUT2D eigenvalue weighted by Crippen LogP contribution is -2.27. The zero-order valence-corrected chi connectivity index (χ0v) is 16.8. The minimum Gasteiger partial charge on any atom is -0.493 e. The van der Waals surface area contributed by atoms with E-state index in [1.165, 1.54) is 0 Å². The summed E-state index contributed by atoms with van der Waals surface area (Å²) in [6.07, 6.45) is 0.777. The van der Waals surface area contributed by atoms with Crippen LogP contribution in [0.25, 0.3) is 0 Å². The molecule has 0 radical (unpaired) electrons. The number of ether oxygens (including phenoxy) is 2. The van der Waals surface area contributed by atoms with Gasteiger partial charge in [-0.3, -0.25) is 4.79 Å². The fraction of sp³-hybridized carbons (Fsp3) is 0.227. The molecule has 0 saturated carbocycles. The predicted molar refractivity (Wildman–Crippen MR) is 113 cm³/mol. The second-order valence-corrected chi connectivity index (χ2v) is 6.37. The molecule has 0 fully saturated rings. The summed E-state index contributed by atoms with van der Waals surface area (Å²) >= 11 is 0. The number of nitrogens with one attached hydrogen (secondary N) is 1. The number of rotatable bonds is 8. The van der Waals surface area contributed by atoms with E-state index < -0.39 is 0 Å². The van der Waals surface area contributed by atoms with E-state index in [0.717, 1.165) is 17.7 Å². The molecule has 0 unspecified atom stereocenters. The molecular weight excluding hydrogens is 368 g/mol. The van der Waals surface area contributed by atoms with E-state index in [-0.39, 0.29) is 5.91 Å². The summed E-state index contributed by atoms with van der Waals surface area (Å²) in [5, 5.41) is 11.4. The monoisotopic (exact) mass is 392 g/mol. The number of carbonyl (C=O) groups is 1. The van der Waals surface area contributed by atoms with Crippen LogP contribution >= 0.6 is 0 Å². The van der Waals surface area contributed by atoms with Crippen LogP contribution < -0.4 is 19.7 Å². The number of hydrogen-bond acceptors (Lipinski definition) is 6. The largest absolute Gasteiger partial charge is 0.493 e. The molecule has 29 heavy (non-hydrogen) atoms. The smallest absolute Gasteiger partial charge is 0.278 e. The molecule has 7 nitrogen and oxygen atoms in total. The van der Waals surface area contributed by atoms with Crippen LogP contribution in [-0.4, -0.2) is 43.9 Å². The topological polar surface area (TPSA) is 76.6 Å². The maximum Gasteiger partial charge on any atom is 0.278 e. The molecule has 3 aromatic rings. The number of nitrogens with zero attached hydrogens (tertiary/aromatic N) is 3. The second-order valence-electron chi connectivity index (χ2n) is 6.37. The number of aromatic nitrogens is 2. The third-order valence-electron chi connectivity index (χ3n) is 4.50. The minimum absolute atomic E-state index is 0.208. The number of para-hydroxylation sites is 1. The van der Waals surface area contributed by atoms with Gasteiger partial charge < -0.3 is 19.7 Å². The minimum atomic E-state index is -0.208. The highest BCUT2D eigenvalue weighted by atomic mass is 16.5. The fourth-order valence-electron chi connectivity index (χ4n) is 2.85. The highest BCUT2D eigenvalue weighted by Gasteiger charge is 2.15. The standard InChI is InChI=1S/C22H24N4O3/c1-26(17-7-5-4-6-8-17)22(27)18-10-12-21(25-24-18)23-14-13-16-9-11-19(28-2)20(15-16)29-3/h4-12,15H,13-14H2,1-3H3,(H,23,25). The van der Waals surface area contributed by atoms with Crippen molar-refractivity contribution in [2.45, 2.75) is 6.42 Å². The Morgan fingerprint density at radius 3 is 2.38 bits per heavy atom. The van der Waals surface area contributed by atoms with Gasteiger partial charge in [-0.25, -0.2) is 0 Å². The third kappa shape index (κ3) is 5.01. The molecule has 2 aromatic carbocycles. The number of carbonyl (C=O) groups excluding carboxylic acids is 1. The Labute approximate surface area is 170 Å². The van der Waals surface area contributed by atoms with E-state index in [1.54, 1.807) is 38.3 Å². The molecular formula is C22H24N4O3. The summed E-state index contributed by atoms with van der Waals surface area (Å²) < 4.78 is 10.6. The SMILES string of the molecule is COc1ccc(CCNc2ccc(C(=O)N(C)c3ccccc3)nn2)cc1OC. The van der Waals surface area contributed by atoms with Gasteiger partial charge in [-0.1, -0.05) is 24.3 Å². The van der Waals surface area contributed by atoms with Gasteiger partial charge in [-0.15, -0.1) is 10.2 Å². The number of benzene rings is 2. The predicted octanol–water partition coefficient (Wildman–Crippen LogP) is 3.43. The van der Waals surface area contributed by atoms with Crippen molar-refractivity contribution in [3.63, 3.8) is 0 Å². The van der Waals surface area contributed by atoms with Gasteiger partial charge in [0, 0.05) is 19.3 Å². The first-order chi connectivity index (χ1) is 14.1. The summed E-state index contributed by atoms with van der Waals surface area (Å²) in [6.45, 7) is 0.668. The van der Waals surface area contributed by atoms with Crippen LogP contribution in [0, 0.1) is 0 Å². The summed E-state index contributed by atoms with van der Waals surface area (Å²) in [7, 11) is 4.95. The third-order valence-corrected chi connectivity index (χ3v) is 4.50. The molecule has 1 N–H and O–H groups in total. The molecule has 0 aliphatic heterocycles. The maximum atomic E-state index is 12.5. The highest BCUT2D eigenvalue weighted by Crippen LogP contribution is 2.27. The van der Waals surface area contributed by atoms with E-state index in [4.69, 9.17) is 9.47 Å². The molecule has 1 heterocycles. The van der Waals surface area contributed by atoms with Crippen LogP contribution in [0.2, 0.25) is 0 Å². The van der Waals surface area contributed by atoms with E-state index >= 15 is 0 Å². The number of amides is 1. The Kier molecular flexibility index (Phi) is 6.63. The van der Waals surface area contributed by atoms with Crippen LogP contribution in [0.4, 0.5) is 11.5 Å². The lowest BCUT2D eigenvalue weighted by atomic mass is 10.1. The Hall–Kier alpha value is -3.61. The Morgan fingerprint density at radius 2 is 1.72 bits per heavy atom. The molecule has 1 amide bonds. The molecule has 0 aliphatic rings. The van der Waals surface area contributed by atoms with Crippen molar-refractivity contribution in [2.24, 2.45) is 0 Å². The van der Waals surface area contributed by atoms with E-state index in [1.807, 2.05) is 48.5 Å². The number of anilines is 2. The van der Waals surface area contributed by atoms with Gasteiger partial charge in [0.2, 0.25) is 0 Å². The zero-order chi connectivity index (χ0) is 20.6.